The molecule has 2 aromatic heterocycles. The average molecular weight is 278 g/mol. The molecule has 1 aliphatic heterocycles. The molecule has 0 bridgehead atoms. The molecule has 102 valence electrons. The van der Waals surface area contributed by atoms with Crippen LogP contribution in [0.4, 0.5) is 5.82 Å². The van der Waals surface area contributed by atoms with Crippen molar-refractivity contribution < 1.29 is 4.74 Å². The summed E-state index contributed by atoms with van der Waals surface area (Å²) < 4.78 is 6.87. The van der Waals surface area contributed by atoms with Gasteiger partial charge in [-0.2, -0.15) is 0 Å². The molecule has 6 heteroatoms. The first-order valence-electron chi connectivity index (χ1n) is 6.47. The van der Waals surface area contributed by atoms with E-state index in [0.717, 1.165) is 42.3 Å². The third kappa shape index (κ3) is 2.70. The average Bonchev–Trinajstić information content (AvgIpc) is 2.79. The van der Waals surface area contributed by atoms with Gasteiger partial charge in [0.05, 0.1) is 22.9 Å². The molecular formula is C13H18N4OS. The summed E-state index contributed by atoms with van der Waals surface area (Å²) in [5.74, 6) is 0.917. The molecule has 5 nitrogen and oxygen atoms in total. The van der Waals surface area contributed by atoms with E-state index < -0.39 is 0 Å². The number of nitrogens with zero attached hydrogens (tertiary/aromatic N) is 3. The molecule has 3 heterocycles. The first-order chi connectivity index (χ1) is 9.24. The van der Waals surface area contributed by atoms with Crippen molar-refractivity contribution >= 4 is 27.4 Å². The number of aromatic nitrogens is 2. The van der Waals surface area contributed by atoms with Crippen LogP contribution in [-0.2, 0) is 4.74 Å². The van der Waals surface area contributed by atoms with Crippen molar-refractivity contribution in [2.45, 2.75) is 13.0 Å². The summed E-state index contributed by atoms with van der Waals surface area (Å²) in [5, 5.41) is 5.52. The number of hydrogen-bond donors (Lipinski definition) is 1. The number of nitrogens with one attached hydrogen (secondary N) is 1. The van der Waals surface area contributed by atoms with Crippen LogP contribution in [-0.4, -0.2) is 54.3 Å². The summed E-state index contributed by atoms with van der Waals surface area (Å²) in [4.78, 5) is 11.0. The molecule has 0 spiro atoms. The minimum Gasteiger partial charge on any atom is -0.374 e. The molecule has 0 radical (unpaired) electrons. The van der Waals surface area contributed by atoms with Gasteiger partial charge < -0.3 is 15.0 Å². The summed E-state index contributed by atoms with van der Waals surface area (Å²) in [6.45, 7) is 5.64. The van der Waals surface area contributed by atoms with Crippen LogP contribution in [0.2, 0.25) is 0 Å². The Morgan fingerprint density at radius 3 is 3.26 bits per heavy atom. The van der Waals surface area contributed by atoms with Crippen molar-refractivity contribution in [1.82, 2.24) is 14.9 Å². The number of ether oxygens (including phenoxy) is 1. The maximum atomic E-state index is 5.74. The zero-order valence-corrected chi connectivity index (χ0v) is 12.0. The van der Waals surface area contributed by atoms with Crippen molar-refractivity contribution in [1.29, 1.82) is 0 Å². The number of morpholine rings is 1. The van der Waals surface area contributed by atoms with Crippen molar-refractivity contribution in [2.75, 3.05) is 38.6 Å². The van der Waals surface area contributed by atoms with Crippen LogP contribution in [0.1, 0.15) is 5.56 Å². The lowest BCUT2D eigenvalue weighted by molar-refractivity contribution is -0.0117. The van der Waals surface area contributed by atoms with E-state index in [2.05, 4.69) is 39.5 Å². The normalized spacial score (nSPS) is 20.8. The standard InChI is InChI=1S/C13H18N4OS/c1-9-7-19-12-11(9)15-8-16-13(12)14-5-10-6-17(2)3-4-18-10/h7-8,10H,3-6H2,1-2H3,(H,14,15,16). The van der Waals surface area contributed by atoms with Crippen molar-refractivity contribution in [3.63, 3.8) is 0 Å². The molecule has 0 aromatic carbocycles. The second-order valence-electron chi connectivity index (χ2n) is 4.95. The topological polar surface area (TPSA) is 50.3 Å². The highest BCUT2D eigenvalue weighted by atomic mass is 32.1. The quantitative estimate of drug-likeness (QED) is 0.927. The summed E-state index contributed by atoms with van der Waals surface area (Å²) >= 11 is 1.69. The molecule has 19 heavy (non-hydrogen) atoms. The second-order valence-corrected chi connectivity index (χ2v) is 5.83. The molecule has 1 atom stereocenters. The van der Waals surface area contributed by atoms with Gasteiger partial charge in [-0.25, -0.2) is 9.97 Å². The first-order valence-corrected chi connectivity index (χ1v) is 7.35. The zero-order chi connectivity index (χ0) is 13.2. The van der Waals surface area contributed by atoms with Gasteiger partial charge in [-0.1, -0.05) is 0 Å². The van der Waals surface area contributed by atoms with Gasteiger partial charge in [0, 0.05) is 19.6 Å². The molecule has 1 N–H and O–H groups in total. The van der Waals surface area contributed by atoms with Crippen molar-refractivity contribution in [2.24, 2.45) is 0 Å². The molecule has 3 rings (SSSR count). The Labute approximate surface area is 116 Å². The Balaban J connectivity index is 1.71. The Morgan fingerprint density at radius 2 is 2.42 bits per heavy atom. The minimum atomic E-state index is 0.227. The molecule has 1 saturated heterocycles. The molecule has 1 fully saturated rings. The minimum absolute atomic E-state index is 0.227. The summed E-state index contributed by atoms with van der Waals surface area (Å²) in [6.07, 6.45) is 1.85. The van der Waals surface area contributed by atoms with Gasteiger partial charge >= 0.3 is 0 Å². The van der Waals surface area contributed by atoms with Crippen LogP contribution in [0.15, 0.2) is 11.7 Å². The number of aryl methyl sites for hydroxylation is 1. The van der Waals surface area contributed by atoms with E-state index in [1.807, 2.05) is 0 Å². The predicted molar refractivity (Wildman–Crippen MR) is 77.9 cm³/mol. The van der Waals surface area contributed by atoms with E-state index in [9.17, 15) is 0 Å². The molecule has 0 aliphatic carbocycles. The molecule has 2 aromatic rings. The molecule has 0 saturated carbocycles. The van der Waals surface area contributed by atoms with Gasteiger partial charge in [0.1, 0.15) is 12.1 Å². The van der Waals surface area contributed by atoms with Crippen LogP contribution >= 0.6 is 11.3 Å². The third-order valence-corrected chi connectivity index (χ3v) is 4.46. The van der Waals surface area contributed by atoms with Gasteiger partial charge in [-0.3, -0.25) is 0 Å². The van der Waals surface area contributed by atoms with Crippen molar-refractivity contribution in [3.8, 4) is 0 Å². The van der Waals surface area contributed by atoms with Gasteiger partial charge in [-0.05, 0) is 24.9 Å². The Hall–Kier alpha value is -1.24. The SMILES string of the molecule is Cc1csc2c(NCC3CN(C)CCO3)ncnc12. The largest absolute Gasteiger partial charge is 0.374 e. The Kier molecular flexibility index (Phi) is 3.63. The monoisotopic (exact) mass is 278 g/mol. The van der Waals surface area contributed by atoms with Gasteiger partial charge in [0.2, 0.25) is 0 Å². The zero-order valence-electron chi connectivity index (χ0n) is 11.2. The number of fused-ring (bicyclic) bond motifs is 1. The summed E-state index contributed by atoms with van der Waals surface area (Å²) in [7, 11) is 2.13. The third-order valence-electron chi connectivity index (χ3n) is 3.37. The van der Waals surface area contributed by atoms with E-state index in [1.54, 1.807) is 17.7 Å². The second kappa shape index (κ2) is 5.40. The lowest BCUT2D eigenvalue weighted by Crippen LogP contribution is -2.43. The van der Waals surface area contributed by atoms with Crippen LogP contribution in [0.25, 0.3) is 10.2 Å². The lowest BCUT2D eigenvalue weighted by atomic mass is 10.2. The van der Waals surface area contributed by atoms with Crippen LogP contribution in [0, 0.1) is 6.92 Å². The summed E-state index contributed by atoms with van der Waals surface area (Å²) in [5.41, 5.74) is 2.25. The molecular weight excluding hydrogens is 260 g/mol. The van der Waals surface area contributed by atoms with E-state index in [-0.39, 0.29) is 6.10 Å². The van der Waals surface area contributed by atoms with E-state index in [4.69, 9.17) is 4.74 Å². The number of likely N-dealkylation sites (N-methyl/N-ethyl adjacent to an activating group) is 1. The van der Waals surface area contributed by atoms with Crippen LogP contribution in [0.5, 0.6) is 0 Å². The lowest BCUT2D eigenvalue weighted by Gasteiger charge is -2.30. The molecule has 1 aliphatic rings. The molecule has 1 unspecified atom stereocenters. The molecule has 0 amide bonds. The van der Waals surface area contributed by atoms with E-state index in [1.165, 1.54) is 5.56 Å². The fourth-order valence-electron chi connectivity index (χ4n) is 2.30. The maximum Gasteiger partial charge on any atom is 0.147 e. The number of rotatable bonds is 3. The fraction of sp³-hybridized carbons (Fsp3) is 0.538. The first kappa shape index (κ1) is 12.8. The van der Waals surface area contributed by atoms with Gasteiger partial charge in [0.25, 0.3) is 0 Å². The van der Waals surface area contributed by atoms with Crippen LogP contribution in [0.3, 0.4) is 0 Å². The highest BCUT2D eigenvalue weighted by Crippen LogP contribution is 2.28. The maximum absolute atomic E-state index is 5.74. The van der Waals surface area contributed by atoms with E-state index >= 15 is 0 Å². The summed E-state index contributed by atoms with van der Waals surface area (Å²) in [6, 6.07) is 0. The highest BCUT2D eigenvalue weighted by molar-refractivity contribution is 7.18. The van der Waals surface area contributed by atoms with Gasteiger partial charge in [0.15, 0.2) is 0 Å². The highest BCUT2D eigenvalue weighted by Gasteiger charge is 2.18. The van der Waals surface area contributed by atoms with Gasteiger partial charge in [-0.15, -0.1) is 11.3 Å². The fourth-order valence-corrected chi connectivity index (χ4v) is 3.26. The number of hydrogen-bond acceptors (Lipinski definition) is 6. The van der Waals surface area contributed by atoms with Crippen LogP contribution < -0.4 is 5.32 Å². The smallest absolute Gasteiger partial charge is 0.147 e. The number of anilines is 1. The predicted octanol–water partition coefficient (Wildman–Crippen LogP) is 1.74. The Morgan fingerprint density at radius 1 is 1.53 bits per heavy atom. The van der Waals surface area contributed by atoms with E-state index in [0.29, 0.717) is 0 Å². The van der Waals surface area contributed by atoms with Crippen molar-refractivity contribution in [3.05, 3.63) is 17.3 Å². The number of thiophene rings is 1. The Bertz CT molecular complexity index is 571.